The monoisotopic (exact) mass is 974 g/mol. The van der Waals surface area contributed by atoms with Gasteiger partial charge in [-0.15, -0.1) is 22.6 Å². The van der Waals surface area contributed by atoms with Crippen LogP contribution in [-0.2, 0) is 26.5 Å². The maximum absolute atomic E-state index is 8.40. The van der Waals surface area contributed by atoms with Gasteiger partial charge in [0.2, 0.25) is 0 Å². The number of hydrogen-bond acceptors (Lipinski definition) is 3. The van der Waals surface area contributed by atoms with Crippen molar-refractivity contribution in [1.29, 1.82) is 0 Å². The van der Waals surface area contributed by atoms with Crippen LogP contribution in [0, 0.1) is 12.1 Å². The van der Waals surface area contributed by atoms with E-state index >= 15 is 0 Å². The molecule has 3 heterocycles. The summed E-state index contributed by atoms with van der Waals surface area (Å²) in [6, 6.07) is 67.2. The number of anilines is 3. The van der Waals surface area contributed by atoms with E-state index in [4.69, 9.17) is 9.10 Å². The van der Waals surface area contributed by atoms with Crippen molar-refractivity contribution in [3.8, 4) is 16.9 Å². The Labute approximate surface area is 378 Å². The molecule has 0 radical (unpaired) electrons. The number of hydrogen-bond donors (Lipinski definition) is 0. The van der Waals surface area contributed by atoms with Gasteiger partial charge in [-0.2, -0.15) is 36.4 Å². The smallest absolute Gasteiger partial charge is 0.355 e. The molecule has 0 aliphatic carbocycles. The summed E-state index contributed by atoms with van der Waals surface area (Å²) in [5.41, 5.74) is 12.4. The van der Waals surface area contributed by atoms with Crippen molar-refractivity contribution < 1.29 is 25.2 Å². The molecule has 2 aromatic heterocycles. The quantitative estimate of drug-likeness (QED) is 0.106. The van der Waals surface area contributed by atoms with E-state index in [9.17, 15) is 0 Å². The van der Waals surface area contributed by atoms with Gasteiger partial charge >= 0.3 is 21.1 Å². The predicted octanol–water partition coefficient (Wildman–Crippen LogP) is 13.6. The van der Waals surface area contributed by atoms with E-state index in [1.807, 2.05) is 36.5 Å². The first-order valence-corrected chi connectivity index (χ1v) is 20.9. The van der Waals surface area contributed by atoms with Gasteiger partial charge in [0.1, 0.15) is 5.82 Å². The minimum Gasteiger partial charge on any atom is -0.355 e. The zero-order chi connectivity index (χ0) is 43.5. The molecule has 302 valence electrons. The second-order valence-electron chi connectivity index (χ2n) is 16.4. The van der Waals surface area contributed by atoms with Crippen LogP contribution >= 0.6 is 0 Å². The average molecular weight is 975 g/mol. The van der Waals surface area contributed by atoms with Gasteiger partial charge < -0.3 is 14.4 Å². The van der Waals surface area contributed by atoms with Gasteiger partial charge in [0.25, 0.3) is 0 Å². The molecular weight excluding hydrogens is 924 g/mol. The molecule has 1 aliphatic heterocycles. The van der Waals surface area contributed by atoms with Crippen molar-refractivity contribution in [2.75, 3.05) is 23.4 Å². The molecule has 0 atom stereocenters. The third-order valence-electron chi connectivity index (χ3n) is 12.3. The standard InChI is InChI=1S/C56H48N4.Pt/c1-38(2)46-25-17-26-47(39(3)4)55(46)40-32-33-57-54(34-40)60-50-27-13-12-24-48(50)49-31-30-44(36-53(49)60)56(41-18-8-6-9-19-41,42-20-10-7-11-21-42)43-22-16-23-45(35-43)59-37-58(5)51-28-14-15-29-52(51)59;/h6-34,38-39H,37H2,1-5H3;/q-2;+2/i5D3;. The minimum atomic E-state index is -2.31. The van der Waals surface area contributed by atoms with Crippen LogP contribution in [0.15, 0.2) is 176 Å². The largest absolute Gasteiger partial charge is 2.00 e. The molecule has 0 spiro atoms. The number of fused-ring (bicyclic) bond motifs is 4. The SMILES string of the molecule is [2H]C([2H])([2H])N1CN(c2[c-]c(C(c3[c-]c4c(cc3)c3ccccc3n4-c3cc(-c4c(C(C)C)cccc4C(C)C)ccn3)(c3ccccc3)c3ccccc3)ccc2)c2ccccc21.[Pt+2]. The number of aromatic nitrogens is 2. The van der Waals surface area contributed by atoms with E-state index in [1.54, 1.807) is 0 Å². The van der Waals surface area contributed by atoms with Crippen LogP contribution in [0.25, 0.3) is 38.8 Å². The molecule has 0 N–H and O–H groups in total. The average Bonchev–Trinajstić information content (AvgIpc) is 3.87. The van der Waals surface area contributed by atoms with Crippen LogP contribution in [0.4, 0.5) is 17.1 Å². The second kappa shape index (κ2) is 16.3. The Morgan fingerprint density at radius 3 is 1.92 bits per heavy atom. The number of pyridine rings is 1. The summed E-state index contributed by atoms with van der Waals surface area (Å²) in [5.74, 6) is 1.52. The van der Waals surface area contributed by atoms with Crippen molar-refractivity contribution in [3.63, 3.8) is 0 Å². The molecule has 0 saturated heterocycles. The summed E-state index contributed by atoms with van der Waals surface area (Å²) in [6.07, 6.45) is 1.94. The molecular formula is C56H48N4Pt. The first-order chi connectivity index (χ1) is 30.6. The van der Waals surface area contributed by atoms with Crippen molar-refractivity contribution in [2.45, 2.75) is 44.9 Å². The molecule has 0 amide bonds. The van der Waals surface area contributed by atoms with Crippen LogP contribution in [0.1, 0.15) is 77.0 Å². The van der Waals surface area contributed by atoms with Crippen LogP contribution in [0.3, 0.4) is 0 Å². The summed E-state index contributed by atoms with van der Waals surface area (Å²) in [6.45, 7) is 6.93. The molecule has 0 bridgehead atoms. The Hall–Kier alpha value is -6.22. The zero-order valence-electron chi connectivity index (χ0n) is 37.7. The molecule has 5 heteroatoms. The minimum absolute atomic E-state index is 0. The maximum Gasteiger partial charge on any atom is 2.00 e. The molecule has 9 aromatic rings. The predicted molar refractivity (Wildman–Crippen MR) is 250 cm³/mol. The van der Waals surface area contributed by atoms with E-state index in [0.717, 1.165) is 66.8 Å². The topological polar surface area (TPSA) is 24.3 Å². The molecule has 0 saturated carbocycles. The van der Waals surface area contributed by atoms with E-state index < -0.39 is 12.4 Å². The van der Waals surface area contributed by atoms with Gasteiger partial charge in [-0.1, -0.05) is 148 Å². The van der Waals surface area contributed by atoms with E-state index in [2.05, 4.69) is 189 Å². The van der Waals surface area contributed by atoms with Crippen molar-refractivity contribution in [2.24, 2.45) is 0 Å². The Morgan fingerprint density at radius 2 is 1.23 bits per heavy atom. The molecule has 7 aromatic carbocycles. The van der Waals surface area contributed by atoms with E-state index in [0.29, 0.717) is 17.5 Å². The summed E-state index contributed by atoms with van der Waals surface area (Å²) >= 11 is 0. The Balaban J connectivity index is 0.00000518. The van der Waals surface area contributed by atoms with Gasteiger partial charge in [0, 0.05) is 28.2 Å². The molecule has 61 heavy (non-hydrogen) atoms. The molecule has 1 aliphatic rings. The Kier molecular flexibility index (Phi) is 9.80. The van der Waals surface area contributed by atoms with Crippen molar-refractivity contribution in [1.82, 2.24) is 9.55 Å². The fourth-order valence-corrected chi connectivity index (χ4v) is 9.49. The molecule has 4 nitrogen and oxygen atoms in total. The van der Waals surface area contributed by atoms with Crippen molar-refractivity contribution >= 4 is 38.9 Å². The maximum atomic E-state index is 8.40. The first-order valence-electron chi connectivity index (χ1n) is 22.4. The normalized spacial score (nSPS) is 13.6. The number of rotatable bonds is 9. The third-order valence-corrected chi connectivity index (χ3v) is 12.3. The van der Waals surface area contributed by atoms with Gasteiger partial charge in [0.05, 0.1) is 18.0 Å². The summed E-state index contributed by atoms with van der Waals surface area (Å²) in [5, 5.41) is 2.20. The van der Waals surface area contributed by atoms with Crippen LogP contribution in [0.5, 0.6) is 0 Å². The second-order valence-corrected chi connectivity index (χ2v) is 16.4. The van der Waals surface area contributed by atoms with Gasteiger partial charge in [-0.05, 0) is 80.9 Å². The summed E-state index contributed by atoms with van der Waals surface area (Å²) < 4.78 is 27.5. The van der Waals surface area contributed by atoms with E-state index in [1.165, 1.54) is 21.6 Å². The number of nitrogens with zero attached hydrogens (tertiary/aromatic N) is 4. The fraction of sp³-hybridized carbons (Fsp3) is 0.161. The van der Waals surface area contributed by atoms with Gasteiger partial charge in [-0.3, -0.25) is 0 Å². The Morgan fingerprint density at radius 1 is 0.607 bits per heavy atom. The number of benzene rings is 7. The molecule has 0 fully saturated rings. The first kappa shape index (κ1) is 36.6. The van der Waals surface area contributed by atoms with Gasteiger partial charge in [-0.25, -0.2) is 4.98 Å². The fourth-order valence-electron chi connectivity index (χ4n) is 9.49. The van der Waals surface area contributed by atoms with Crippen LogP contribution < -0.4 is 9.80 Å². The molecule has 0 unspecified atom stereocenters. The third kappa shape index (κ3) is 6.69. The zero-order valence-corrected chi connectivity index (χ0v) is 37.0. The van der Waals surface area contributed by atoms with Crippen LogP contribution in [0.2, 0.25) is 0 Å². The van der Waals surface area contributed by atoms with Gasteiger partial charge in [0.15, 0.2) is 0 Å². The summed E-state index contributed by atoms with van der Waals surface area (Å²) in [4.78, 5) is 8.65. The summed E-state index contributed by atoms with van der Waals surface area (Å²) in [7, 11) is 0. The number of para-hydroxylation sites is 3. The van der Waals surface area contributed by atoms with Crippen molar-refractivity contribution in [3.05, 3.63) is 222 Å². The van der Waals surface area contributed by atoms with Crippen LogP contribution in [-0.4, -0.2) is 23.2 Å². The Bertz CT molecular complexity index is 3060. The van der Waals surface area contributed by atoms with E-state index in [-0.39, 0.29) is 27.7 Å². The molecule has 10 rings (SSSR count).